The molecule has 0 aliphatic rings. The number of hydrogen-bond acceptors (Lipinski definition) is 3. The van der Waals surface area contributed by atoms with Gasteiger partial charge in [0.15, 0.2) is 0 Å². The molecule has 100 valence electrons. The summed E-state index contributed by atoms with van der Waals surface area (Å²) in [5, 5.41) is 2.72. The van der Waals surface area contributed by atoms with Gasteiger partial charge in [0.1, 0.15) is 0 Å². The van der Waals surface area contributed by atoms with Crippen molar-refractivity contribution >= 4 is 28.8 Å². The van der Waals surface area contributed by atoms with Gasteiger partial charge in [-0.25, -0.2) is 0 Å². The summed E-state index contributed by atoms with van der Waals surface area (Å²) in [6, 6.07) is 5.21. The van der Waals surface area contributed by atoms with Crippen molar-refractivity contribution in [2.24, 2.45) is 0 Å². The lowest BCUT2D eigenvalue weighted by Crippen LogP contribution is -2.27. The molecule has 0 saturated heterocycles. The van der Waals surface area contributed by atoms with E-state index in [0.29, 0.717) is 14.8 Å². The van der Waals surface area contributed by atoms with E-state index in [4.69, 9.17) is 11.6 Å². The second-order valence-electron chi connectivity index (χ2n) is 4.23. The van der Waals surface area contributed by atoms with Crippen molar-refractivity contribution in [2.75, 3.05) is 0 Å². The van der Waals surface area contributed by atoms with Crippen molar-refractivity contribution in [1.29, 1.82) is 0 Å². The lowest BCUT2D eigenvalue weighted by molar-refractivity contribution is 0.0955. The van der Waals surface area contributed by atoms with Crippen molar-refractivity contribution < 1.29 is 4.79 Å². The molecule has 2 N–H and O–H groups in total. The Morgan fingerprint density at radius 1 is 1.42 bits per heavy atom. The van der Waals surface area contributed by atoms with Crippen LogP contribution in [0.15, 0.2) is 23.0 Å². The number of pyridine rings is 1. The van der Waals surface area contributed by atoms with Gasteiger partial charge >= 0.3 is 0 Å². The molecule has 1 amide bonds. The van der Waals surface area contributed by atoms with E-state index >= 15 is 0 Å². The number of nitrogens with one attached hydrogen (secondary N) is 2. The molecule has 0 radical (unpaired) electrons. The van der Waals surface area contributed by atoms with Gasteiger partial charge < -0.3 is 10.3 Å². The molecule has 0 aliphatic heterocycles. The number of aromatic amines is 1. The number of carbonyl (C=O) groups is 1. The maximum atomic E-state index is 11.8. The first kappa shape index (κ1) is 13.8. The molecule has 6 heteroatoms. The minimum Gasteiger partial charge on any atom is -0.347 e. The Morgan fingerprint density at radius 3 is 2.74 bits per heavy atom. The van der Waals surface area contributed by atoms with Crippen molar-refractivity contribution in [3.63, 3.8) is 0 Å². The molecule has 0 fully saturated rings. The smallest absolute Gasteiger partial charge is 0.261 e. The maximum Gasteiger partial charge on any atom is 0.261 e. The zero-order valence-corrected chi connectivity index (χ0v) is 12.1. The summed E-state index contributed by atoms with van der Waals surface area (Å²) in [6.45, 7) is 3.88. The molecule has 0 aliphatic carbocycles. The van der Waals surface area contributed by atoms with Crippen LogP contribution in [0.2, 0.25) is 4.34 Å². The van der Waals surface area contributed by atoms with Crippen LogP contribution in [0.4, 0.5) is 0 Å². The number of thiophene rings is 1. The predicted octanol–water partition coefficient (Wildman–Crippen LogP) is 2.64. The van der Waals surface area contributed by atoms with Crippen LogP contribution in [-0.4, -0.2) is 10.9 Å². The Bertz CT molecular complexity index is 676. The highest BCUT2D eigenvalue weighted by Gasteiger charge is 2.10. The average molecular weight is 297 g/mol. The molecule has 0 spiro atoms. The number of aryl methyl sites for hydroxylation is 2. The van der Waals surface area contributed by atoms with Gasteiger partial charge in [0, 0.05) is 17.8 Å². The van der Waals surface area contributed by atoms with E-state index in [1.165, 1.54) is 11.3 Å². The van der Waals surface area contributed by atoms with E-state index in [1.807, 2.05) is 19.9 Å². The van der Waals surface area contributed by atoms with Crippen LogP contribution in [-0.2, 0) is 6.54 Å². The first-order valence-electron chi connectivity index (χ1n) is 5.70. The third-order valence-electron chi connectivity index (χ3n) is 2.72. The summed E-state index contributed by atoms with van der Waals surface area (Å²) in [6.07, 6.45) is 0. The molecule has 2 aromatic rings. The average Bonchev–Trinajstić information content (AvgIpc) is 2.74. The zero-order valence-electron chi connectivity index (χ0n) is 10.5. The molecule has 0 aromatic carbocycles. The number of halogens is 1. The van der Waals surface area contributed by atoms with Crippen LogP contribution >= 0.6 is 22.9 Å². The predicted molar refractivity (Wildman–Crippen MR) is 77.0 cm³/mol. The maximum absolute atomic E-state index is 11.8. The Morgan fingerprint density at radius 2 is 2.16 bits per heavy atom. The standard InChI is InChI=1S/C13H13ClN2O2S/c1-7-5-8(2)16-12(17)9(7)6-15-13(18)10-3-4-11(14)19-10/h3-5H,6H2,1-2H3,(H,15,18)(H,16,17). The molecule has 2 aromatic heterocycles. The molecule has 0 atom stereocenters. The van der Waals surface area contributed by atoms with Crippen LogP contribution in [0.3, 0.4) is 0 Å². The van der Waals surface area contributed by atoms with Gasteiger partial charge in [-0.05, 0) is 37.6 Å². The summed E-state index contributed by atoms with van der Waals surface area (Å²) < 4.78 is 0.564. The number of hydrogen-bond donors (Lipinski definition) is 2. The fraction of sp³-hybridized carbons (Fsp3) is 0.231. The molecule has 2 rings (SSSR count). The number of aromatic nitrogens is 1. The van der Waals surface area contributed by atoms with E-state index in [2.05, 4.69) is 10.3 Å². The lowest BCUT2D eigenvalue weighted by atomic mass is 10.1. The summed E-state index contributed by atoms with van der Waals surface area (Å²) in [4.78, 5) is 26.9. The second kappa shape index (κ2) is 5.59. The van der Waals surface area contributed by atoms with Gasteiger partial charge in [-0.3, -0.25) is 9.59 Å². The highest BCUT2D eigenvalue weighted by Crippen LogP contribution is 2.21. The van der Waals surface area contributed by atoms with Crippen molar-refractivity contribution in [1.82, 2.24) is 10.3 Å². The topological polar surface area (TPSA) is 62.0 Å². The molecular formula is C13H13ClN2O2S. The van der Waals surface area contributed by atoms with Gasteiger partial charge in [-0.15, -0.1) is 11.3 Å². The largest absolute Gasteiger partial charge is 0.347 e. The molecule has 0 unspecified atom stereocenters. The molecule has 0 bridgehead atoms. The lowest BCUT2D eigenvalue weighted by Gasteiger charge is -2.07. The summed E-state index contributed by atoms with van der Waals surface area (Å²) in [7, 11) is 0. The Kier molecular flexibility index (Phi) is 4.07. The fourth-order valence-corrected chi connectivity index (χ4v) is 2.75. The molecule has 0 saturated carbocycles. The molecule has 19 heavy (non-hydrogen) atoms. The van der Waals surface area contributed by atoms with Gasteiger partial charge in [-0.1, -0.05) is 11.6 Å². The number of H-pyrrole nitrogens is 1. The zero-order chi connectivity index (χ0) is 14.0. The van der Waals surface area contributed by atoms with Crippen LogP contribution in [0, 0.1) is 13.8 Å². The van der Waals surface area contributed by atoms with E-state index in [-0.39, 0.29) is 18.0 Å². The first-order valence-corrected chi connectivity index (χ1v) is 6.90. The third kappa shape index (κ3) is 3.24. The van der Waals surface area contributed by atoms with E-state index in [9.17, 15) is 9.59 Å². The first-order chi connectivity index (χ1) is 8.97. The van der Waals surface area contributed by atoms with E-state index in [1.54, 1.807) is 12.1 Å². The van der Waals surface area contributed by atoms with Gasteiger partial charge in [0.2, 0.25) is 0 Å². The van der Waals surface area contributed by atoms with Crippen LogP contribution in [0.1, 0.15) is 26.5 Å². The third-order valence-corrected chi connectivity index (χ3v) is 3.95. The Labute approximate surface area is 119 Å². The Hall–Kier alpha value is -1.59. The fourth-order valence-electron chi connectivity index (χ4n) is 1.79. The summed E-state index contributed by atoms with van der Waals surface area (Å²) in [5.74, 6) is -0.226. The van der Waals surface area contributed by atoms with E-state index < -0.39 is 0 Å². The second-order valence-corrected chi connectivity index (χ2v) is 5.94. The molecule has 2 heterocycles. The van der Waals surface area contributed by atoms with Gasteiger partial charge in [0.05, 0.1) is 9.21 Å². The minimum absolute atomic E-state index is 0.165. The Balaban J connectivity index is 2.11. The highest BCUT2D eigenvalue weighted by atomic mass is 35.5. The molecular weight excluding hydrogens is 284 g/mol. The van der Waals surface area contributed by atoms with Crippen LogP contribution in [0.25, 0.3) is 0 Å². The quantitative estimate of drug-likeness (QED) is 0.914. The monoisotopic (exact) mass is 296 g/mol. The van der Waals surface area contributed by atoms with Crippen LogP contribution in [0.5, 0.6) is 0 Å². The number of carbonyl (C=O) groups excluding carboxylic acids is 1. The summed E-state index contributed by atoms with van der Waals surface area (Å²) in [5.41, 5.74) is 2.08. The number of rotatable bonds is 3. The van der Waals surface area contributed by atoms with Gasteiger partial charge in [-0.2, -0.15) is 0 Å². The van der Waals surface area contributed by atoms with E-state index in [0.717, 1.165) is 11.3 Å². The highest BCUT2D eigenvalue weighted by molar-refractivity contribution is 7.17. The normalized spacial score (nSPS) is 10.5. The summed E-state index contributed by atoms with van der Waals surface area (Å²) >= 11 is 6.98. The molecule has 4 nitrogen and oxygen atoms in total. The SMILES string of the molecule is Cc1cc(C)c(CNC(=O)c2ccc(Cl)s2)c(=O)[nH]1. The van der Waals surface area contributed by atoms with Crippen LogP contribution < -0.4 is 10.9 Å². The van der Waals surface area contributed by atoms with Crippen molar-refractivity contribution in [2.45, 2.75) is 20.4 Å². The van der Waals surface area contributed by atoms with Gasteiger partial charge in [0.25, 0.3) is 11.5 Å². The number of amides is 1. The van der Waals surface area contributed by atoms with Crippen molar-refractivity contribution in [3.05, 3.63) is 54.6 Å². The minimum atomic E-state index is -0.226. The van der Waals surface area contributed by atoms with Crippen molar-refractivity contribution in [3.8, 4) is 0 Å².